The Morgan fingerprint density at radius 3 is 2.59 bits per heavy atom. The van der Waals surface area contributed by atoms with Gasteiger partial charge in [-0.05, 0) is 37.7 Å². The highest BCUT2D eigenvalue weighted by molar-refractivity contribution is 7.99. The highest BCUT2D eigenvalue weighted by Gasteiger charge is 2.21. The van der Waals surface area contributed by atoms with Crippen LogP contribution >= 0.6 is 11.8 Å². The molecule has 0 aliphatic rings. The number of rotatable bonds is 8. The summed E-state index contributed by atoms with van der Waals surface area (Å²) in [6, 6.07) is 4.28. The second-order valence-electron chi connectivity index (χ2n) is 4.52. The maximum atomic E-state index is 6.19. The first-order chi connectivity index (χ1) is 8.19. The van der Waals surface area contributed by atoms with Gasteiger partial charge >= 0.3 is 0 Å². The Balaban J connectivity index is 2.55. The normalized spacial score (nSPS) is 14.8. The molecular formula is C14H25NOS. The van der Waals surface area contributed by atoms with Crippen molar-refractivity contribution in [2.45, 2.75) is 57.7 Å². The lowest BCUT2D eigenvalue weighted by Gasteiger charge is -2.20. The summed E-state index contributed by atoms with van der Waals surface area (Å²) in [5.41, 5.74) is 6.19. The van der Waals surface area contributed by atoms with E-state index >= 15 is 0 Å². The topological polar surface area (TPSA) is 39.2 Å². The summed E-state index contributed by atoms with van der Waals surface area (Å²) in [5, 5.41) is 0.311. The van der Waals surface area contributed by atoms with Crippen LogP contribution in [0.3, 0.4) is 0 Å². The third-order valence-corrected chi connectivity index (χ3v) is 4.41. The van der Waals surface area contributed by atoms with Crippen LogP contribution in [0.25, 0.3) is 0 Å². The molecule has 0 aliphatic carbocycles. The van der Waals surface area contributed by atoms with Gasteiger partial charge in [-0.3, -0.25) is 0 Å². The molecule has 0 radical (unpaired) electrons. The van der Waals surface area contributed by atoms with Crippen molar-refractivity contribution in [2.24, 2.45) is 5.73 Å². The van der Waals surface area contributed by atoms with E-state index in [2.05, 4.69) is 19.9 Å². The van der Waals surface area contributed by atoms with Crippen molar-refractivity contribution in [1.82, 2.24) is 0 Å². The molecule has 1 aromatic rings. The predicted molar refractivity (Wildman–Crippen MR) is 76.4 cm³/mol. The van der Waals surface area contributed by atoms with Crippen LogP contribution in [0, 0.1) is 6.92 Å². The average molecular weight is 255 g/mol. The molecule has 1 rings (SSSR count). The summed E-state index contributed by atoms with van der Waals surface area (Å²) in [5.74, 6) is 3.19. The average Bonchev–Trinajstić information content (AvgIpc) is 2.75. The number of furan rings is 1. The molecule has 2 N–H and O–H groups in total. The van der Waals surface area contributed by atoms with Gasteiger partial charge in [-0.2, -0.15) is 0 Å². The number of aryl methyl sites for hydroxylation is 1. The first kappa shape index (κ1) is 14.7. The Kier molecular flexibility index (Phi) is 6.75. The first-order valence-corrected chi connectivity index (χ1v) is 7.67. The Morgan fingerprint density at radius 1 is 1.29 bits per heavy atom. The van der Waals surface area contributed by atoms with E-state index in [4.69, 9.17) is 10.2 Å². The monoisotopic (exact) mass is 255 g/mol. The van der Waals surface area contributed by atoms with Crippen LogP contribution in [0.1, 0.15) is 56.3 Å². The lowest BCUT2D eigenvalue weighted by molar-refractivity contribution is 0.454. The number of nitrogens with two attached hydrogens (primary N) is 1. The minimum absolute atomic E-state index is 0.187. The summed E-state index contributed by atoms with van der Waals surface area (Å²) in [4.78, 5) is 0. The SMILES string of the molecule is CCCCCSC(c1ccc(C)o1)C(N)CC. The van der Waals surface area contributed by atoms with Crippen LogP contribution in [0.4, 0.5) is 0 Å². The molecule has 1 heterocycles. The third kappa shape index (κ3) is 4.76. The maximum Gasteiger partial charge on any atom is 0.118 e. The Morgan fingerprint density at radius 2 is 2.06 bits per heavy atom. The van der Waals surface area contributed by atoms with Gasteiger partial charge in [-0.1, -0.05) is 26.7 Å². The molecule has 17 heavy (non-hydrogen) atoms. The van der Waals surface area contributed by atoms with Crippen molar-refractivity contribution in [1.29, 1.82) is 0 Å². The van der Waals surface area contributed by atoms with Gasteiger partial charge in [0.2, 0.25) is 0 Å². The van der Waals surface area contributed by atoms with Gasteiger partial charge < -0.3 is 10.2 Å². The number of hydrogen-bond acceptors (Lipinski definition) is 3. The van der Waals surface area contributed by atoms with E-state index in [9.17, 15) is 0 Å². The summed E-state index contributed by atoms with van der Waals surface area (Å²) >= 11 is 1.94. The van der Waals surface area contributed by atoms with E-state index < -0.39 is 0 Å². The minimum Gasteiger partial charge on any atom is -0.465 e. The molecule has 0 aromatic carbocycles. The van der Waals surface area contributed by atoms with Crippen molar-refractivity contribution in [2.75, 3.05) is 5.75 Å². The molecule has 0 spiro atoms. The van der Waals surface area contributed by atoms with Gasteiger partial charge in [0.15, 0.2) is 0 Å². The van der Waals surface area contributed by atoms with Crippen LogP contribution in [-0.4, -0.2) is 11.8 Å². The predicted octanol–water partition coefficient (Wildman–Crippen LogP) is 4.29. The van der Waals surface area contributed by atoms with Crippen LogP contribution < -0.4 is 5.73 Å². The van der Waals surface area contributed by atoms with E-state index in [1.807, 2.05) is 24.8 Å². The fraction of sp³-hybridized carbons (Fsp3) is 0.714. The smallest absolute Gasteiger partial charge is 0.118 e. The van der Waals surface area contributed by atoms with Gasteiger partial charge in [0.1, 0.15) is 11.5 Å². The van der Waals surface area contributed by atoms with Crippen molar-refractivity contribution in [3.63, 3.8) is 0 Å². The molecule has 2 atom stereocenters. The fourth-order valence-corrected chi connectivity index (χ4v) is 3.15. The highest BCUT2D eigenvalue weighted by atomic mass is 32.2. The first-order valence-electron chi connectivity index (χ1n) is 6.62. The number of hydrogen-bond donors (Lipinski definition) is 1. The molecular weight excluding hydrogens is 230 g/mol. The molecule has 0 saturated carbocycles. The van der Waals surface area contributed by atoms with Crippen molar-refractivity contribution < 1.29 is 4.42 Å². The van der Waals surface area contributed by atoms with E-state index in [-0.39, 0.29) is 6.04 Å². The molecule has 0 fully saturated rings. The summed E-state index contributed by atoms with van der Waals surface area (Å²) in [6.07, 6.45) is 4.84. The third-order valence-electron chi connectivity index (χ3n) is 2.95. The Labute approximate surface area is 109 Å². The van der Waals surface area contributed by atoms with Gasteiger partial charge in [0.25, 0.3) is 0 Å². The number of unbranched alkanes of at least 4 members (excludes halogenated alkanes) is 2. The molecule has 2 unspecified atom stereocenters. The Hall–Kier alpha value is -0.410. The lowest BCUT2D eigenvalue weighted by atomic mass is 10.1. The summed E-state index contributed by atoms with van der Waals surface area (Å²) < 4.78 is 5.72. The van der Waals surface area contributed by atoms with Crippen molar-refractivity contribution in [3.8, 4) is 0 Å². The standard InChI is InChI=1S/C14H25NOS/c1-4-6-7-10-17-14(12(15)5-2)13-9-8-11(3)16-13/h8-9,12,14H,4-7,10,15H2,1-3H3. The maximum absolute atomic E-state index is 6.19. The fourth-order valence-electron chi connectivity index (χ4n) is 1.80. The van der Waals surface area contributed by atoms with E-state index in [1.165, 1.54) is 25.0 Å². The van der Waals surface area contributed by atoms with Crippen LogP contribution in [0.5, 0.6) is 0 Å². The van der Waals surface area contributed by atoms with Gasteiger partial charge in [-0.15, -0.1) is 11.8 Å². The molecule has 0 bridgehead atoms. The molecule has 0 saturated heterocycles. The molecule has 2 nitrogen and oxygen atoms in total. The zero-order valence-electron chi connectivity index (χ0n) is 11.2. The van der Waals surface area contributed by atoms with E-state index in [0.29, 0.717) is 5.25 Å². The van der Waals surface area contributed by atoms with Crippen LogP contribution in [-0.2, 0) is 0 Å². The Bertz CT molecular complexity index is 311. The van der Waals surface area contributed by atoms with Crippen LogP contribution in [0.2, 0.25) is 0 Å². The second-order valence-corrected chi connectivity index (χ2v) is 5.77. The van der Waals surface area contributed by atoms with Gasteiger partial charge in [-0.25, -0.2) is 0 Å². The zero-order chi connectivity index (χ0) is 12.7. The summed E-state index contributed by atoms with van der Waals surface area (Å²) in [7, 11) is 0. The molecule has 98 valence electrons. The van der Waals surface area contributed by atoms with Crippen LogP contribution in [0.15, 0.2) is 16.5 Å². The van der Waals surface area contributed by atoms with Crippen molar-refractivity contribution >= 4 is 11.8 Å². The largest absolute Gasteiger partial charge is 0.465 e. The van der Waals surface area contributed by atoms with Gasteiger partial charge in [0, 0.05) is 6.04 Å². The number of thioether (sulfide) groups is 1. The van der Waals surface area contributed by atoms with E-state index in [0.717, 1.165) is 17.9 Å². The minimum atomic E-state index is 0.187. The quantitative estimate of drug-likeness (QED) is 0.704. The van der Waals surface area contributed by atoms with E-state index in [1.54, 1.807) is 0 Å². The lowest BCUT2D eigenvalue weighted by Crippen LogP contribution is -2.25. The molecule has 1 aromatic heterocycles. The second kappa shape index (κ2) is 7.83. The molecule has 3 heteroatoms. The molecule has 0 aliphatic heterocycles. The van der Waals surface area contributed by atoms with Gasteiger partial charge in [0.05, 0.1) is 5.25 Å². The molecule has 0 amide bonds. The van der Waals surface area contributed by atoms with Crippen molar-refractivity contribution in [3.05, 3.63) is 23.7 Å². The zero-order valence-corrected chi connectivity index (χ0v) is 12.1. The highest BCUT2D eigenvalue weighted by Crippen LogP contribution is 2.34. The summed E-state index contributed by atoms with van der Waals surface area (Å²) in [6.45, 7) is 6.36.